The van der Waals surface area contributed by atoms with Gasteiger partial charge in [-0.1, -0.05) is 41.9 Å². The number of hydrogen-bond donors (Lipinski definition) is 1. The third kappa shape index (κ3) is 4.22. The Bertz CT molecular complexity index is 1370. The third-order valence-electron chi connectivity index (χ3n) is 4.90. The predicted molar refractivity (Wildman–Crippen MR) is 122 cm³/mol. The van der Waals surface area contributed by atoms with Crippen molar-refractivity contribution >= 4 is 33.2 Å². The summed E-state index contributed by atoms with van der Waals surface area (Å²) in [6.07, 6.45) is 2.97. The molecule has 4 rings (SSSR count). The molecule has 0 spiro atoms. The molecule has 0 atom stereocenters. The van der Waals surface area contributed by atoms with E-state index in [2.05, 4.69) is 40.2 Å². The van der Waals surface area contributed by atoms with E-state index in [1.165, 1.54) is 17.0 Å². The second kappa shape index (κ2) is 8.35. The van der Waals surface area contributed by atoms with Crippen molar-refractivity contribution < 1.29 is 4.79 Å². The number of nitrogens with one attached hydrogen (secondary N) is 1. The number of nitrogens with zero attached hydrogens (tertiary/aromatic N) is 4. The minimum Gasteiger partial charge on any atom is -0.324 e. The number of aromatic nitrogens is 4. The number of carbonyl (C=O) groups is 1. The molecule has 0 aliphatic carbocycles. The molecular weight excluding hydrogens is 462 g/mol. The molecule has 8 nitrogen and oxygen atoms in total. The van der Waals surface area contributed by atoms with Crippen LogP contribution in [0.25, 0.3) is 11.3 Å². The maximum atomic E-state index is 12.9. The van der Waals surface area contributed by atoms with Gasteiger partial charge >= 0.3 is 11.2 Å². The molecule has 2 heterocycles. The van der Waals surface area contributed by atoms with Gasteiger partial charge in [-0.2, -0.15) is 0 Å². The number of amides is 1. The molecule has 0 fully saturated rings. The van der Waals surface area contributed by atoms with Gasteiger partial charge in [0.1, 0.15) is 6.54 Å². The van der Waals surface area contributed by atoms with Crippen LogP contribution in [0.15, 0.2) is 75.0 Å². The van der Waals surface area contributed by atoms with Gasteiger partial charge in [-0.3, -0.25) is 14.2 Å². The first-order valence-corrected chi connectivity index (χ1v) is 10.5. The molecule has 0 aliphatic heterocycles. The van der Waals surface area contributed by atoms with E-state index in [1.54, 1.807) is 12.1 Å². The first-order valence-electron chi connectivity index (χ1n) is 9.70. The highest BCUT2D eigenvalue weighted by molar-refractivity contribution is 9.10. The van der Waals surface area contributed by atoms with Crippen LogP contribution in [0.5, 0.6) is 0 Å². The maximum Gasteiger partial charge on any atom is 0.351 e. The summed E-state index contributed by atoms with van der Waals surface area (Å²) in [5, 5.41) is 6.85. The minimum absolute atomic E-state index is 0.0514. The van der Waals surface area contributed by atoms with Gasteiger partial charge in [-0.05, 0) is 47.9 Å². The van der Waals surface area contributed by atoms with Crippen LogP contribution in [0.2, 0.25) is 0 Å². The van der Waals surface area contributed by atoms with Crippen LogP contribution < -0.4 is 16.6 Å². The molecule has 0 radical (unpaired) electrons. The van der Waals surface area contributed by atoms with Gasteiger partial charge in [-0.15, -0.1) is 5.10 Å². The minimum atomic E-state index is -0.555. The molecule has 0 unspecified atom stereocenters. The monoisotopic (exact) mass is 481 g/mol. The van der Waals surface area contributed by atoms with E-state index in [9.17, 15) is 14.4 Å². The molecular formula is C22H20BrN5O3. The van der Waals surface area contributed by atoms with E-state index in [4.69, 9.17) is 0 Å². The van der Waals surface area contributed by atoms with Crippen molar-refractivity contribution in [3.63, 3.8) is 0 Å². The molecule has 2 aromatic heterocycles. The molecule has 158 valence electrons. The summed E-state index contributed by atoms with van der Waals surface area (Å²) in [6.45, 7) is 3.88. The lowest BCUT2D eigenvalue weighted by Gasteiger charge is -2.08. The van der Waals surface area contributed by atoms with Gasteiger partial charge in [0, 0.05) is 28.2 Å². The fraction of sp³-hybridized carbons (Fsp3) is 0.182. The van der Waals surface area contributed by atoms with Crippen LogP contribution in [0.4, 0.5) is 5.69 Å². The predicted octanol–water partition coefficient (Wildman–Crippen LogP) is 3.17. The van der Waals surface area contributed by atoms with Crippen LogP contribution in [0, 0.1) is 0 Å². The number of anilines is 1. The summed E-state index contributed by atoms with van der Waals surface area (Å²) in [5.74, 6) is -0.0150. The lowest BCUT2D eigenvalue weighted by atomic mass is 10.0. The van der Waals surface area contributed by atoms with E-state index >= 15 is 0 Å². The van der Waals surface area contributed by atoms with Gasteiger partial charge in [0.2, 0.25) is 11.6 Å². The van der Waals surface area contributed by atoms with E-state index in [0.29, 0.717) is 17.3 Å². The van der Waals surface area contributed by atoms with Gasteiger partial charge in [0.25, 0.3) is 0 Å². The molecule has 9 heteroatoms. The molecule has 0 aliphatic rings. The maximum absolute atomic E-state index is 12.9. The highest BCUT2D eigenvalue weighted by Crippen LogP contribution is 2.17. The van der Waals surface area contributed by atoms with Gasteiger partial charge in [0.15, 0.2) is 0 Å². The molecule has 0 saturated heterocycles. The van der Waals surface area contributed by atoms with E-state index in [-0.39, 0.29) is 12.2 Å². The Balaban J connectivity index is 1.59. The van der Waals surface area contributed by atoms with Crippen LogP contribution in [0.1, 0.15) is 25.3 Å². The van der Waals surface area contributed by atoms with Crippen molar-refractivity contribution in [2.24, 2.45) is 0 Å². The lowest BCUT2D eigenvalue weighted by molar-refractivity contribution is -0.117. The largest absolute Gasteiger partial charge is 0.351 e. The van der Waals surface area contributed by atoms with Crippen LogP contribution in [0.3, 0.4) is 0 Å². The second-order valence-electron chi connectivity index (χ2n) is 7.41. The summed E-state index contributed by atoms with van der Waals surface area (Å²) in [4.78, 5) is 37.9. The van der Waals surface area contributed by atoms with E-state index in [0.717, 1.165) is 19.1 Å². The quantitative estimate of drug-likeness (QED) is 0.473. The smallest absolute Gasteiger partial charge is 0.324 e. The van der Waals surface area contributed by atoms with Crippen molar-refractivity contribution in [3.05, 3.63) is 91.8 Å². The Morgan fingerprint density at radius 2 is 1.71 bits per heavy atom. The molecule has 0 bridgehead atoms. The summed E-state index contributed by atoms with van der Waals surface area (Å²) in [5.41, 5.74) is 1.37. The molecule has 1 amide bonds. The number of halogens is 1. The van der Waals surface area contributed by atoms with Crippen molar-refractivity contribution in [1.82, 2.24) is 18.7 Å². The Morgan fingerprint density at radius 1 is 1.03 bits per heavy atom. The summed E-state index contributed by atoms with van der Waals surface area (Å²) >= 11 is 3.36. The number of hydrogen-bond acceptors (Lipinski definition) is 4. The van der Waals surface area contributed by atoms with E-state index < -0.39 is 17.2 Å². The summed E-state index contributed by atoms with van der Waals surface area (Å²) in [7, 11) is 0. The van der Waals surface area contributed by atoms with Crippen LogP contribution >= 0.6 is 15.9 Å². The average molecular weight is 482 g/mol. The molecule has 4 aromatic rings. The highest BCUT2D eigenvalue weighted by atomic mass is 79.9. The summed E-state index contributed by atoms with van der Waals surface area (Å²) in [6, 6.07) is 14.7. The molecule has 0 saturated carbocycles. The summed E-state index contributed by atoms with van der Waals surface area (Å²) < 4.78 is 4.41. The number of carbonyl (C=O) groups excluding carboxylic acids is 1. The Kier molecular flexibility index (Phi) is 5.60. The Labute approximate surface area is 185 Å². The van der Waals surface area contributed by atoms with Gasteiger partial charge in [-0.25, -0.2) is 13.9 Å². The molecule has 1 N–H and O–H groups in total. The van der Waals surface area contributed by atoms with Gasteiger partial charge in [0.05, 0.1) is 0 Å². The first-order chi connectivity index (χ1) is 14.8. The number of benzene rings is 2. The average Bonchev–Trinajstić information content (AvgIpc) is 3.06. The third-order valence-corrected chi connectivity index (χ3v) is 5.43. The number of rotatable bonds is 5. The van der Waals surface area contributed by atoms with Crippen molar-refractivity contribution in [1.29, 1.82) is 0 Å². The molecule has 2 aromatic carbocycles. The lowest BCUT2D eigenvalue weighted by Crippen LogP contribution is -2.28. The molecule has 31 heavy (non-hydrogen) atoms. The zero-order valence-electron chi connectivity index (χ0n) is 16.9. The topological polar surface area (TPSA) is 90.4 Å². The SMILES string of the molecule is CC(C)c1ccc(NC(=O)Cn2nc3c(=O)n(-c4ccc(Br)cc4)ccn3c2=O)cc1. The van der Waals surface area contributed by atoms with Crippen LogP contribution in [-0.2, 0) is 11.3 Å². The first kappa shape index (κ1) is 20.8. The zero-order chi connectivity index (χ0) is 22.1. The van der Waals surface area contributed by atoms with Crippen LogP contribution in [-0.4, -0.2) is 24.7 Å². The van der Waals surface area contributed by atoms with Gasteiger partial charge < -0.3 is 5.32 Å². The van der Waals surface area contributed by atoms with Crippen molar-refractivity contribution in [2.75, 3.05) is 5.32 Å². The fourth-order valence-electron chi connectivity index (χ4n) is 3.21. The highest BCUT2D eigenvalue weighted by Gasteiger charge is 2.15. The Morgan fingerprint density at radius 3 is 2.35 bits per heavy atom. The fourth-order valence-corrected chi connectivity index (χ4v) is 3.47. The second-order valence-corrected chi connectivity index (χ2v) is 8.32. The number of fused-ring (bicyclic) bond motifs is 1. The zero-order valence-corrected chi connectivity index (χ0v) is 18.5. The van der Waals surface area contributed by atoms with Crippen molar-refractivity contribution in [2.45, 2.75) is 26.3 Å². The normalized spacial score (nSPS) is 11.2. The van der Waals surface area contributed by atoms with Crippen molar-refractivity contribution in [3.8, 4) is 5.69 Å². The van der Waals surface area contributed by atoms with E-state index in [1.807, 2.05) is 36.4 Å². The Hall–Kier alpha value is -3.46. The standard InChI is InChI=1S/C22H20BrN5O3/c1-14(2)15-3-7-17(8-4-15)24-19(29)13-28-22(31)27-12-11-26(21(30)20(27)25-28)18-9-5-16(23)6-10-18/h3-12,14H,13H2,1-2H3,(H,24,29).